The molecule has 11 heteroatoms. The fourth-order valence-corrected chi connectivity index (χ4v) is 3.94. The minimum atomic E-state index is -1.28. The summed E-state index contributed by atoms with van der Waals surface area (Å²) in [6, 6.07) is 23.2. The lowest BCUT2D eigenvalue weighted by molar-refractivity contribution is -0.152. The van der Waals surface area contributed by atoms with Gasteiger partial charge in [-0.3, -0.25) is 19.6 Å². The van der Waals surface area contributed by atoms with Gasteiger partial charge in [0.1, 0.15) is 5.75 Å². The number of halogens is 1. The van der Waals surface area contributed by atoms with Crippen LogP contribution in [-0.2, 0) is 20.8 Å². The monoisotopic (exact) mass is 625 g/mol. The van der Waals surface area contributed by atoms with Crippen LogP contribution in [0.25, 0.3) is 0 Å². The Balaban J connectivity index is 0.000000319. The minimum Gasteiger partial charge on any atom is -0.478 e. The van der Waals surface area contributed by atoms with Gasteiger partial charge >= 0.3 is 5.97 Å². The van der Waals surface area contributed by atoms with Gasteiger partial charge in [0.15, 0.2) is 5.60 Å². The molecule has 44 heavy (non-hydrogen) atoms. The van der Waals surface area contributed by atoms with Crippen molar-refractivity contribution in [2.24, 2.45) is 0 Å². The average molecular weight is 626 g/mol. The van der Waals surface area contributed by atoms with E-state index in [0.717, 1.165) is 36.9 Å². The Bertz CT molecular complexity index is 1330. The first-order valence-corrected chi connectivity index (χ1v) is 14.7. The molecule has 0 bridgehead atoms. The zero-order valence-electron chi connectivity index (χ0n) is 25.0. The molecule has 0 saturated carbocycles. The van der Waals surface area contributed by atoms with Crippen LogP contribution in [0.3, 0.4) is 0 Å². The van der Waals surface area contributed by atoms with Gasteiger partial charge in [0, 0.05) is 35.7 Å². The fourth-order valence-electron chi connectivity index (χ4n) is 3.81. The minimum absolute atomic E-state index is 0.0132. The van der Waals surface area contributed by atoms with Crippen molar-refractivity contribution in [3.05, 3.63) is 95.0 Å². The second-order valence-corrected chi connectivity index (χ2v) is 10.9. The summed E-state index contributed by atoms with van der Waals surface area (Å²) in [5.74, 6) is -1.04. The normalized spacial score (nSPS) is 10.5. The molecule has 0 aromatic heterocycles. The molecule has 0 saturated heterocycles. The van der Waals surface area contributed by atoms with E-state index >= 15 is 0 Å². The van der Waals surface area contributed by atoms with Gasteiger partial charge in [0.2, 0.25) is 11.8 Å². The summed E-state index contributed by atoms with van der Waals surface area (Å²) in [5.41, 5.74) is 2.70. The van der Waals surface area contributed by atoms with Crippen LogP contribution in [0.5, 0.6) is 5.75 Å². The first-order chi connectivity index (χ1) is 21.0. The summed E-state index contributed by atoms with van der Waals surface area (Å²) in [6.07, 6.45) is 4.79. The highest BCUT2D eigenvalue weighted by Crippen LogP contribution is 2.19. The van der Waals surface area contributed by atoms with Crippen LogP contribution in [0.2, 0.25) is 5.02 Å². The molecule has 3 aromatic rings. The van der Waals surface area contributed by atoms with E-state index in [1.165, 1.54) is 13.8 Å². The number of aliphatic carboxylic acids is 1. The summed E-state index contributed by atoms with van der Waals surface area (Å²) in [5, 5.41) is 23.6. The number of carbonyl (C=O) groups excluding carboxylic acids is 3. The number of rotatable bonds is 15. The second kappa shape index (κ2) is 19.0. The van der Waals surface area contributed by atoms with Crippen molar-refractivity contribution in [3.63, 3.8) is 0 Å². The number of ether oxygens (including phenoxy) is 1. The third-order valence-electron chi connectivity index (χ3n) is 6.36. The third-order valence-corrected chi connectivity index (χ3v) is 6.61. The van der Waals surface area contributed by atoms with E-state index < -0.39 is 11.6 Å². The topological polar surface area (TPSA) is 154 Å². The number of unbranched alkanes of at least 4 members (excludes halogenated alkanes) is 3. The number of carboxylic acid groups (broad SMARTS) is 1. The van der Waals surface area contributed by atoms with Crippen LogP contribution in [0, 0.1) is 0 Å². The molecule has 3 rings (SSSR count). The highest BCUT2D eigenvalue weighted by Gasteiger charge is 2.29. The van der Waals surface area contributed by atoms with Crippen LogP contribution < -0.4 is 20.9 Å². The van der Waals surface area contributed by atoms with Gasteiger partial charge in [-0.15, -0.1) is 0 Å². The van der Waals surface area contributed by atoms with Crippen LogP contribution in [0.15, 0.2) is 78.9 Å². The molecule has 236 valence electrons. The van der Waals surface area contributed by atoms with E-state index in [2.05, 4.69) is 10.6 Å². The molecule has 0 atom stereocenters. The number of benzene rings is 3. The SMILES string of the molecule is CC(C)(Oc1ccc(CCNC(=O)c2ccc(Cl)cc2)cc1)C(=O)O.O=C(CCCCCCC(=O)Nc1ccccc1)NO. The Kier molecular flexibility index (Phi) is 15.4. The Morgan fingerprint density at radius 2 is 1.39 bits per heavy atom. The zero-order valence-corrected chi connectivity index (χ0v) is 25.7. The number of hydrogen-bond donors (Lipinski definition) is 5. The van der Waals surface area contributed by atoms with E-state index in [1.54, 1.807) is 41.9 Å². The molecule has 0 aliphatic rings. The van der Waals surface area contributed by atoms with Gasteiger partial charge < -0.3 is 20.5 Å². The van der Waals surface area contributed by atoms with Crippen molar-refractivity contribution >= 4 is 41.0 Å². The number of hydroxylamine groups is 1. The first-order valence-electron chi connectivity index (χ1n) is 14.3. The highest BCUT2D eigenvalue weighted by molar-refractivity contribution is 6.30. The van der Waals surface area contributed by atoms with Gasteiger partial charge in [0.25, 0.3) is 5.91 Å². The van der Waals surface area contributed by atoms with Crippen LogP contribution in [-0.4, -0.2) is 46.2 Å². The molecular weight excluding hydrogens is 586 g/mol. The van der Waals surface area contributed by atoms with Crippen molar-refractivity contribution < 1.29 is 34.2 Å². The summed E-state index contributed by atoms with van der Waals surface area (Å²) in [7, 11) is 0. The summed E-state index contributed by atoms with van der Waals surface area (Å²) >= 11 is 5.80. The number of nitrogens with one attached hydrogen (secondary N) is 3. The predicted octanol–water partition coefficient (Wildman–Crippen LogP) is 6.03. The predicted molar refractivity (Wildman–Crippen MR) is 169 cm³/mol. The maximum Gasteiger partial charge on any atom is 0.347 e. The van der Waals surface area contributed by atoms with Gasteiger partial charge in [-0.1, -0.05) is 54.8 Å². The van der Waals surface area contributed by atoms with Crippen molar-refractivity contribution in [2.45, 2.75) is 64.4 Å². The van der Waals surface area contributed by atoms with E-state index in [4.69, 9.17) is 26.7 Å². The molecule has 0 spiro atoms. The largest absolute Gasteiger partial charge is 0.478 e. The molecule has 5 N–H and O–H groups in total. The van der Waals surface area contributed by atoms with E-state index in [9.17, 15) is 19.2 Å². The maximum absolute atomic E-state index is 12.0. The highest BCUT2D eigenvalue weighted by atomic mass is 35.5. The average Bonchev–Trinajstić information content (AvgIpc) is 3.00. The molecule has 0 fully saturated rings. The lowest BCUT2D eigenvalue weighted by Gasteiger charge is -2.21. The van der Waals surface area contributed by atoms with Crippen molar-refractivity contribution in [1.82, 2.24) is 10.8 Å². The lowest BCUT2D eigenvalue weighted by atomic mass is 10.1. The maximum atomic E-state index is 12.0. The van der Waals surface area contributed by atoms with Gasteiger partial charge in [-0.25, -0.2) is 10.3 Å². The number of carbonyl (C=O) groups is 4. The van der Waals surface area contributed by atoms with Gasteiger partial charge in [0.05, 0.1) is 0 Å². The Morgan fingerprint density at radius 1 is 0.795 bits per heavy atom. The van der Waals surface area contributed by atoms with Crippen molar-refractivity contribution in [2.75, 3.05) is 11.9 Å². The molecule has 3 amide bonds. The fraction of sp³-hybridized carbons (Fsp3) is 0.333. The van der Waals surface area contributed by atoms with Gasteiger partial charge in [-0.2, -0.15) is 0 Å². The molecule has 0 radical (unpaired) electrons. The van der Waals surface area contributed by atoms with Crippen LogP contribution in [0.4, 0.5) is 5.69 Å². The number of carboxylic acids is 1. The number of anilines is 1. The van der Waals surface area contributed by atoms with Crippen LogP contribution >= 0.6 is 11.6 Å². The number of hydrogen-bond acceptors (Lipinski definition) is 6. The number of amides is 3. The lowest BCUT2D eigenvalue weighted by Crippen LogP contribution is -2.37. The molecule has 0 aliphatic carbocycles. The molecule has 3 aromatic carbocycles. The Morgan fingerprint density at radius 3 is 1.95 bits per heavy atom. The summed E-state index contributed by atoms with van der Waals surface area (Å²) in [4.78, 5) is 45.4. The standard InChI is InChI=1S/C19H20ClNO4.C14H20N2O3/c1-19(2,18(23)24)25-16-9-3-13(4-10-16)11-12-21-17(22)14-5-7-15(20)8-6-14;17-13(15-12-8-4-3-5-9-12)10-6-1-2-7-11-14(18)16-19/h3-10H,11-12H2,1-2H3,(H,21,22)(H,23,24);3-5,8-9,19H,1-2,6-7,10-11H2,(H,15,17)(H,16,18). The van der Waals surface area contributed by atoms with E-state index in [1.807, 2.05) is 42.5 Å². The molecule has 0 heterocycles. The van der Waals surface area contributed by atoms with E-state index in [0.29, 0.717) is 42.1 Å². The molecule has 10 nitrogen and oxygen atoms in total. The van der Waals surface area contributed by atoms with E-state index in [-0.39, 0.29) is 17.7 Å². The Labute approximate surface area is 262 Å². The third kappa shape index (κ3) is 14.2. The zero-order chi connectivity index (χ0) is 32.4. The van der Waals surface area contributed by atoms with Gasteiger partial charge in [-0.05, 0) is 87.2 Å². The molecule has 0 unspecified atom stereocenters. The van der Waals surface area contributed by atoms with Crippen molar-refractivity contribution in [1.29, 1.82) is 0 Å². The smallest absolute Gasteiger partial charge is 0.347 e. The second-order valence-electron chi connectivity index (χ2n) is 10.4. The Hall–Kier alpha value is -4.41. The molecule has 0 aliphatic heterocycles. The summed E-state index contributed by atoms with van der Waals surface area (Å²) in [6.45, 7) is 3.48. The molecular formula is C33H40ClN3O7. The van der Waals surface area contributed by atoms with Crippen molar-refractivity contribution in [3.8, 4) is 5.75 Å². The van der Waals surface area contributed by atoms with Crippen LogP contribution in [0.1, 0.15) is 68.3 Å². The quantitative estimate of drug-likeness (QED) is 0.0785. The summed E-state index contributed by atoms with van der Waals surface area (Å²) < 4.78 is 5.45. The first kappa shape index (κ1) is 35.8. The number of para-hydroxylation sites is 1.